The lowest BCUT2D eigenvalue weighted by Crippen LogP contribution is -2.18. The van der Waals surface area contributed by atoms with Gasteiger partial charge in [-0.1, -0.05) is 6.07 Å². The molecule has 168 valence electrons. The first kappa shape index (κ1) is 21.8. The van der Waals surface area contributed by atoms with Gasteiger partial charge in [0.1, 0.15) is 17.5 Å². The van der Waals surface area contributed by atoms with Gasteiger partial charge in [-0.3, -0.25) is 4.72 Å². The predicted molar refractivity (Wildman–Crippen MR) is 114 cm³/mol. The molecule has 32 heavy (non-hydrogen) atoms. The average Bonchev–Trinajstić information content (AvgIpc) is 2.75. The molecule has 3 aromatic heterocycles. The number of aromatic nitrogens is 3. The number of nitrogens with zero attached hydrogens (tertiary/aromatic N) is 3. The Morgan fingerprint density at radius 3 is 2.44 bits per heavy atom. The highest BCUT2D eigenvalue weighted by molar-refractivity contribution is 7.92. The molecular weight excluding hydrogens is 445 g/mol. The Kier molecular flexibility index (Phi) is 5.87. The third kappa shape index (κ3) is 4.74. The van der Waals surface area contributed by atoms with E-state index in [1.54, 1.807) is 6.07 Å². The Hall–Kier alpha value is -3.41. The monoisotopic (exact) mass is 464 g/mol. The Morgan fingerprint density at radius 2 is 1.66 bits per heavy atom. The van der Waals surface area contributed by atoms with Crippen molar-refractivity contribution in [1.29, 1.82) is 0 Å². The minimum Gasteiger partial charge on any atom is -0.370 e. The maximum atomic E-state index is 13.7. The van der Waals surface area contributed by atoms with Crippen LogP contribution in [0, 0.1) is 0 Å². The molecule has 0 unspecified atom stereocenters. The van der Waals surface area contributed by atoms with Crippen LogP contribution in [-0.4, -0.2) is 36.5 Å². The van der Waals surface area contributed by atoms with Crippen molar-refractivity contribution >= 4 is 27.5 Å². The van der Waals surface area contributed by atoms with Gasteiger partial charge in [-0.25, -0.2) is 15.0 Å². The number of nitrogens with one attached hydrogen (secondary N) is 3. The van der Waals surface area contributed by atoms with E-state index in [4.69, 9.17) is 0 Å². The fourth-order valence-electron chi connectivity index (χ4n) is 3.21. The van der Waals surface area contributed by atoms with Crippen molar-refractivity contribution in [3.63, 3.8) is 0 Å². The van der Waals surface area contributed by atoms with Crippen LogP contribution < -0.4 is 15.4 Å². The molecule has 1 aliphatic rings. The van der Waals surface area contributed by atoms with Gasteiger partial charge in [-0.2, -0.15) is 21.6 Å². The van der Waals surface area contributed by atoms with Gasteiger partial charge in [-0.15, -0.1) is 0 Å². The Labute approximate surface area is 182 Å². The molecule has 0 spiro atoms. The number of rotatable bonds is 0. The van der Waals surface area contributed by atoms with E-state index in [-0.39, 0.29) is 22.2 Å². The molecule has 4 rings (SSSR count). The van der Waals surface area contributed by atoms with Crippen LogP contribution in [0.1, 0.15) is 18.4 Å². The van der Waals surface area contributed by atoms with Crippen molar-refractivity contribution in [1.82, 2.24) is 15.0 Å². The van der Waals surface area contributed by atoms with Crippen molar-refractivity contribution in [3.05, 3.63) is 54.2 Å². The molecule has 3 N–H and O–H groups in total. The minimum atomic E-state index is -4.70. The van der Waals surface area contributed by atoms with E-state index >= 15 is 0 Å². The summed E-state index contributed by atoms with van der Waals surface area (Å²) in [7, 11) is -4.19. The number of halogens is 3. The molecule has 0 atom stereocenters. The van der Waals surface area contributed by atoms with Crippen LogP contribution in [0.3, 0.4) is 0 Å². The lowest BCUT2D eigenvalue weighted by molar-refractivity contribution is -0.137. The van der Waals surface area contributed by atoms with E-state index in [2.05, 4.69) is 30.3 Å². The van der Waals surface area contributed by atoms with Crippen LogP contribution in [0.15, 0.2) is 53.7 Å². The van der Waals surface area contributed by atoms with Crippen molar-refractivity contribution in [2.45, 2.75) is 24.0 Å². The van der Waals surface area contributed by atoms with E-state index in [0.717, 1.165) is 12.1 Å². The summed E-state index contributed by atoms with van der Waals surface area (Å²) >= 11 is 0. The first-order valence-corrected chi connectivity index (χ1v) is 11.2. The second-order valence-electron chi connectivity index (χ2n) is 7.02. The highest BCUT2D eigenvalue weighted by Gasteiger charge is 2.35. The highest BCUT2D eigenvalue weighted by atomic mass is 32.2. The number of pyridine rings is 3. The molecular formula is C20H19F3N6O2S. The van der Waals surface area contributed by atoms with E-state index in [1.807, 2.05) is 0 Å². The van der Waals surface area contributed by atoms with Crippen LogP contribution in [0.2, 0.25) is 0 Å². The van der Waals surface area contributed by atoms with Gasteiger partial charge in [0.25, 0.3) is 10.0 Å². The molecule has 0 fully saturated rings. The smallest absolute Gasteiger partial charge is 0.370 e. The molecule has 1 aliphatic heterocycles. The highest BCUT2D eigenvalue weighted by Crippen LogP contribution is 2.39. The number of sulfonamides is 1. The molecule has 0 aromatic carbocycles. The van der Waals surface area contributed by atoms with E-state index in [9.17, 15) is 21.6 Å². The average molecular weight is 464 g/mol. The van der Waals surface area contributed by atoms with E-state index in [1.165, 1.54) is 30.5 Å². The van der Waals surface area contributed by atoms with Gasteiger partial charge in [0.15, 0.2) is 5.03 Å². The van der Waals surface area contributed by atoms with Gasteiger partial charge in [0.05, 0.1) is 11.3 Å². The number of fused-ring (bicyclic) bond motifs is 6. The van der Waals surface area contributed by atoms with Crippen LogP contribution in [0.4, 0.5) is 30.6 Å². The van der Waals surface area contributed by atoms with E-state index < -0.39 is 27.5 Å². The van der Waals surface area contributed by atoms with Crippen molar-refractivity contribution in [2.24, 2.45) is 0 Å². The first-order chi connectivity index (χ1) is 15.2. The number of hydrogen-bond acceptors (Lipinski definition) is 7. The summed E-state index contributed by atoms with van der Waals surface area (Å²) in [6.07, 6.45) is -1.82. The number of anilines is 3. The zero-order chi connectivity index (χ0) is 22.8. The summed E-state index contributed by atoms with van der Waals surface area (Å²) < 4.78 is 69.0. The maximum absolute atomic E-state index is 13.7. The van der Waals surface area contributed by atoms with Crippen molar-refractivity contribution in [2.75, 3.05) is 28.4 Å². The van der Waals surface area contributed by atoms with Gasteiger partial charge >= 0.3 is 6.18 Å². The minimum absolute atomic E-state index is 0.117. The Bertz CT molecular complexity index is 1230. The lowest BCUT2D eigenvalue weighted by Gasteiger charge is -2.17. The summed E-state index contributed by atoms with van der Waals surface area (Å²) in [6.45, 7) is 1.02. The summed E-state index contributed by atoms with van der Waals surface area (Å²) in [4.78, 5) is 12.3. The quantitative estimate of drug-likeness (QED) is 0.462. The van der Waals surface area contributed by atoms with Crippen molar-refractivity contribution in [3.8, 4) is 11.3 Å². The van der Waals surface area contributed by atoms with Crippen molar-refractivity contribution < 1.29 is 21.6 Å². The zero-order valence-electron chi connectivity index (χ0n) is 16.6. The van der Waals surface area contributed by atoms with Gasteiger partial charge in [-0.05, 0) is 49.2 Å². The molecule has 4 bridgehead atoms. The summed E-state index contributed by atoms with van der Waals surface area (Å²) in [5.41, 5.74) is -1.31. The third-order valence-corrected chi connectivity index (χ3v) is 5.96. The predicted octanol–water partition coefficient (Wildman–Crippen LogP) is 3.98. The van der Waals surface area contributed by atoms with Crippen LogP contribution in [0.25, 0.3) is 11.3 Å². The van der Waals surface area contributed by atoms with Crippen LogP contribution in [-0.2, 0) is 16.2 Å². The molecule has 0 radical (unpaired) electrons. The Morgan fingerprint density at radius 1 is 0.875 bits per heavy atom. The molecule has 4 heterocycles. The summed E-state index contributed by atoms with van der Waals surface area (Å²) in [5.74, 6) is 0.341. The fraction of sp³-hybridized carbons (Fsp3) is 0.250. The molecule has 0 amide bonds. The molecule has 0 saturated heterocycles. The van der Waals surface area contributed by atoms with Gasteiger partial charge in [0.2, 0.25) is 0 Å². The Balaban J connectivity index is 1.86. The summed E-state index contributed by atoms with van der Waals surface area (Å²) in [5, 5.41) is 5.84. The summed E-state index contributed by atoms with van der Waals surface area (Å²) in [6, 6.07) is 9.18. The third-order valence-electron chi connectivity index (χ3n) is 4.70. The van der Waals surface area contributed by atoms with Gasteiger partial charge in [0, 0.05) is 24.8 Å². The molecule has 0 saturated carbocycles. The SMILES string of the molecule is O=S1(=O)Nc2ccc(C(F)(F)F)c(n2)-c2cccnc2NCCCCNc2cccc1n2. The topological polar surface area (TPSA) is 109 Å². The standard InChI is InChI=1S/C20H19F3N6O2S/c21-20(22,23)14-8-9-16-28-18(14)13-5-4-12-26-19(13)25-11-2-1-10-24-15-6-3-7-17(27-15)32(30,31)29-16/h3-9,12H,1-2,10-11H2,(H,24,27)(H,25,26)(H,28,29). The molecule has 0 aliphatic carbocycles. The number of alkyl halides is 3. The first-order valence-electron chi connectivity index (χ1n) is 9.75. The zero-order valence-corrected chi connectivity index (χ0v) is 17.5. The largest absolute Gasteiger partial charge is 0.418 e. The number of hydrogen-bond donors (Lipinski definition) is 3. The second kappa shape index (κ2) is 8.61. The van der Waals surface area contributed by atoms with Crippen LogP contribution >= 0.6 is 0 Å². The normalized spacial score (nSPS) is 16.1. The maximum Gasteiger partial charge on any atom is 0.418 e. The molecule has 3 aromatic rings. The molecule has 12 heteroatoms. The fourth-order valence-corrected chi connectivity index (χ4v) is 4.18. The van der Waals surface area contributed by atoms with Gasteiger partial charge < -0.3 is 10.6 Å². The lowest BCUT2D eigenvalue weighted by atomic mass is 10.1. The molecule has 8 nitrogen and oxygen atoms in total. The van der Waals surface area contributed by atoms with E-state index in [0.29, 0.717) is 31.7 Å². The second-order valence-corrected chi connectivity index (χ2v) is 8.65. The van der Waals surface area contributed by atoms with Crippen LogP contribution in [0.5, 0.6) is 0 Å².